The minimum absolute atomic E-state index is 0.253. The van der Waals surface area contributed by atoms with E-state index in [0.717, 1.165) is 36.0 Å². The Morgan fingerprint density at radius 3 is 2.84 bits per heavy atom. The van der Waals surface area contributed by atoms with Gasteiger partial charge in [0.2, 0.25) is 0 Å². The Balaban J connectivity index is 2.06. The number of unbranched alkanes of at least 4 members (excludes halogenated alkanes) is 2. The highest BCUT2D eigenvalue weighted by Crippen LogP contribution is 2.17. The SMILES string of the molecule is OCCCCCNCC(O)COc1cccc(Br)c1. The van der Waals surface area contributed by atoms with Gasteiger partial charge in [-0.2, -0.15) is 0 Å². The molecule has 1 atom stereocenters. The summed E-state index contributed by atoms with van der Waals surface area (Å²) in [4.78, 5) is 0. The number of halogens is 1. The van der Waals surface area contributed by atoms with Crippen molar-refractivity contribution in [2.45, 2.75) is 25.4 Å². The second kappa shape index (κ2) is 10.2. The van der Waals surface area contributed by atoms with E-state index in [9.17, 15) is 5.11 Å². The van der Waals surface area contributed by atoms with Crippen LogP contribution in [0.2, 0.25) is 0 Å². The molecule has 1 unspecified atom stereocenters. The predicted molar refractivity (Wildman–Crippen MR) is 79.5 cm³/mol. The van der Waals surface area contributed by atoms with Crippen LogP contribution in [0.4, 0.5) is 0 Å². The van der Waals surface area contributed by atoms with Gasteiger partial charge in [-0.25, -0.2) is 0 Å². The van der Waals surface area contributed by atoms with Crippen LogP contribution in [0.3, 0.4) is 0 Å². The molecular weight excluding hydrogens is 310 g/mol. The van der Waals surface area contributed by atoms with Crippen molar-refractivity contribution in [3.63, 3.8) is 0 Å². The van der Waals surface area contributed by atoms with Gasteiger partial charge in [0.15, 0.2) is 0 Å². The van der Waals surface area contributed by atoms with E-state index in [1.165, 1.54) is 0 Å². The van der Waals surface area contributed by atoms with Crippen LogP contribution in [0.5, 0.6) is 5.75 Å². The summed E-state index contributed by atoms with van der Waals surface area (Å²) in [6.07, 6.45) is 2.35. The summed E-state index contributed by atoms with van der Waals surface area (Å²) in [6.45, 7) is 1.91. The molecule has 1 rings (SSSR count). The molecule has 0 aliphatic carbocycles. The molecule has 0 aliphatic rings. The maximum absolute atomic E-state index is 9.74. The molecule has 0 aliphatic heterocycles. The zero-order chi connectivity index (χ0) is 13.9. The quantitative estimate of drug-likeness (QED) is 0.573. The molecule has 0 spiro atoms. The first-order valence-corrected chi connectivity index (χ1v) is 7.39. The smallest absolute Gasteiger partial charge is 0.120 e. The van der Waals surface area contributed by atoms with Crippen molar-refractivity contribution in [1.82, 2.24) is 5.32 Å². The monoisotopic (exact) mass is 331 g/mol. The van der Waals surface area contributed by atoms with Crippen LogP contribution < -0.4 is 10.1 Å². The van der Waals surface area contributed by atoms with Gasteiger partial charge in [-0.05, 0) is 44.0 Å². The van der Waals surface area contributed by atoms with Gasteiger partial charge >= 0.3 is 0 Å². The number of hydrogen-bond donors (Lipinski definition) is 3. The van der Waals surface area contributed by atoms with E-state index in [1.807, 2.05) is 24.3 Å². The van der Waals surface area contributed by atoms with Gasteiger partial charge in [0, 0.05) is 17.6 Å². The van der Waals surface area contributed by atoms with Crippen LogP contribution in [0.25, 0.3) is 0 Å². The summed E-state index contributed by atoms with van der Waals surface area (Å²) >= 11 is 3.37. The first kappa shape index (κ1) is 16.4. The molecule has 1 aromatic rings. The number of nitrogens with one attached hydrogen (secondary N) is 1. The van der Waals surface area contributed by atoms with Crippen LogP contribution >= 0.6 is 15.9 Å². The third-order valence-corrected chi connectivity index (χ3v) is 3.12. The average molecular weight is 332 g/mol. The lowest BCUT2D eigenvalue weighted by Crippen LogP contribution is -2.32. The molecule has 108 valence electrons. The molecule has 0 amide bonds. The third-order valence-electron chi connectivity index (χ3n) is 2.63. The van der Waals surface area contributed by atoms with E-state index in [-0.39, 0.29) is 13.2 Å². The number of aliphatic hydroxyl groups excluding tert-OH is 2. The number of ether oxygens (including phenoxy) is 1. The Bertz CT molecular complexity index is 349. The fourth-order valence-corrected chi connectivity index (χ4v) is 1.99. The van der Waals surface area contributed by atoms with E-state index in [2.05, 4.69) is 21.2 Å². The molecule has 1 aromatic carbocycles. The summed E-state index contributed by atoms with van der Waals surface area (Å²) in [5, 5.41) is 21.5. The fraction of sp³-hybridized carbons (Fsp3) is 0.571. The Morgan fingerprint density at radius 1 is 1.26 bits per heavy atom. The van der Waals surface area contributed by atoms with Crippen molar-refractivity contribution in [2.75, 3.05) is 26.3 Å². The van der Waals surface area contributed by atoms with Crippen molar-refractivity contribution >= 4 is 15.9 Å². The highest BCUT2D eigenvalue weighted by Gasteiger charge is 2.04. The summed E-state index contributed by atoms with van der Waals surface area (Å²) in [7, 11) is 0. The molecule has 5 heteroatoms. The van der Waals surface area contributed by atoms with Crippen LogP contribution in [0.1, 0.15) is 19.3 Å². The Kier molecular flexibility index (Phi) is 8.82. The molecule has 4 nitrogen and oxygen atoms in total. The average Bonchev–Trinajstić information content (AvgIpc) is 2.40. The minimum Gasteiger partial charge on any atom is -0.491 e. The zero-order valence-corrected chi connectivity index (χ0v) is 12.6. The van der Waals surface area contributed by atoms with Gasteiger partial charge in [-0.1, -0.05) is 22.0 Å². The maximum Gasteiger partial charge on any atom is 0.120 e. The first-order valence-electron chi connectivity index (χ1n) is 6.60. The minimum atomic E-state index is -0.517. The molecule has 0 saturated heterocycles. The highest BCUT2D eigenvalue weighted by molar-refractivity contribution is 9.10. The lowest BCUT2D eigenvalue weighted by molar-refractivity contribution is 0.106. The topological polar surface area (TPSA) is 61.7 Å². The Morgan fingerprint density at radius 2 is 2.11 bits per heavy atom. The molecule has 19 heavy (non-hydrogen) atoms. The Hall–Kier alpha value is -0.620. The van der Waals surface area contributed by atoms with Crippen LogP contribution in [-0.4, -0.2) is 42.6 Å². The standard InChI is InChI=1S/C14H22BrNO3/c15-12-5-4-6-14(9-12)19-11-13(18)10-16-7-2-1-3-8-17/h4-6,9,13,16-18H,1-3,7-8,10-11H2. The second-order valence-electron chi connectivity index (χ2n) is 4.41. The van der Waals surface area contributed by atoms with Gasteiger partial charge in [-0.15, -0.1) is 0 Å². The normalized spacial score (nSPS) is 12.4. The summed E-state index contributed by atoms with van der Waals surface area (Å²) in [5.41, 5.74) is 0. The van der Waals surface area contributed by atoms with E-state index >= 15 is 0 Å². The van der Waals surface area contributed by atoms with Crippen LogP contribution in [-0.2, 0) is 0 Å². The van der Waals surface area contributed by atoms with Crippen molar-refractivity contribution in [1.29, 1.82) is 0 Å². The predicted octanol–water partition coefficient (Wildman–Crippen LogP) is 1.94. The number of hydrogen-bond acceptors (Lipinski definition) is 4. The van der Waals surface area contributed by atoms with Crippen molar-refractivity contribution in [3.8, 4) is 5.75 Å². The number of benzene rings is 1. The van der Waals surface area contributed by atoms with Gasteiger partial charge in [0.1, 0.15) is 18.5 Å². The molecule has 3 N–H and O–H groups in total. The Labute approximate surface area is 122 Å². The van der Waals surface area contributed by atoms with Crippen molar-refractivity contribution in [2.24, 2.45) is 0 Å². The van der Waals surface area contributed by atoms with Crippen molar-refractivity contribution in [3.05, 3.63) is 28.7 Å². The van der Waals surface area contributed by atoms with E-state index in [0.29, 0.717) is 6.54 Å². The van der Waals surface area contributed by atoms with E-state index in [1.54, 1.807) is 0 Å². The first-order chi connectivity index (χ1) is 9.22. The molecule has 0 fully saturated rings. The maximum atomic E-state index is 9.74. The lowest BCUT2D eigenvalue weighted by atomic mass is 10.2. The van der Waals surface area contributed by atoms with Crippen LogP contribution in [0, 0.1) is 0 Å². The molecular formula is C14H22BrNO3. The fourth-order valence-electron chi connectivity index (χ4n) is 1.62. The van der Waals surface area contributed by atoms with E-state index in [4.69, 9.17) is 9.84 Å². The zero-order valence-electron chi connectivity index (χ0n) is 11.0. The van der Waals surface area contributed by atoms with Gasteiger partial charge < -0.3 is 20.3 Å². The molecule has 0 heterocycles. The van der Waals surface area contributed by atoms with Gasteiger partial charge in [0.25, 0.3) is 0 Å². The summed E-state index contributed by atoms with van der Waals surface area (Å²) < 4.78 is 6.45. The van der Waals surface area contributed by atoms with Gasteiger partial charge in [-0.3, -0.25) is 0 Å². The largest absolute Gasteiger partial charge is 0.491 e. The molecule has 0 saturated carbocycles. The summed E-state index contributed by atoms with van der Waals surface area (Å²) in [6, 6.07) is 7.55. The second-order valence-corrected chi connectivity index (χ2v) is 5.33. The van der Waals surface area contributed by atoms with Gasteiger partial charge in [0.05, 0.1) is 0 Å². The number of aliphatic hydroxyl groups is 2. The molecule has 0 radical (unpaired) electrons. The molecule has 0 aromatic heterocycles. The van der Waals surface area contributed by atoms with E-state index < -0.39 is 6.10 Å². The highest BCUT2D eigenvalue weighted by atomic mass is 79.9. The van der Waals surface area contributed by atoms with Crippen molar-refractivity contribution < 1.29 is 14.9 Å². The lowest BCUT2D eigenvalue weighted by Gasteiger charge is -2.13. The summed E-state index contributed by atoms with van der Waals surface area (Å²) in [5.74, 6) is 0.747. The number of rotatable bonds is 10. The third kappa shape index (κ3) is 8.21. The molecule has 0 bridgehead atoms. The van der Waals surface area contributed by atoms with Crippen LogP contribution in [0.15, 0.2) is 28.7 Å².